The molecule has 0 saturated carbocycles. The molecule has 0 bridgehead atoms. The van der Waals surface area contributed by atoms with Crippen molar-refractivity contribution in [2.24, 2.45) is 33.8 Å². The van der Waals surface area contributed by atoms with Gasteiger partial charge in [0.05, 0.1) is 19.7 Å². The number of carbonyl (C=O) groups is 7. The van der Waals surface area contributed by atoms with Crippen LogP contribution in [0.25, 0.3) is 0 Å². The summed E-state index contributed by atoms with van der Waals surface area (Å²) in [5.41, 5.74) is 22.8. The summed E-state index contributed by atoms with van der Waals surface area (Å²) in [6.07, 6.45) is 0.350. The molecular formula is C36H53N11O9. The van der Waals surface area contributed by atoms with E-state index in [1.54, 1.807) is 44.2 Å². The lowest BCUT2D eigenvalue weighted by Gasteiger charge is -2.25. The number of nitrogens with zero attached hydrogens (tertiary/aromatic N) is 1. The number of aliphatic hydroxyl groups excluding tert-OH is 1. The highest BCUT2D eigenvalue weighted by Crippen LogP contribution is 2.12. The molecule has 0 saturated heterocycles. The van der Waals surface area contributed by atoms with Gasteiger partial charge in [-0.1, -0.05) is 56.3 Å². The summed E-state index contributed by atoms with van der Waals surface area (Å²) in [7, 11) is 0. The third-order valence-electron chi connectivity index (χ3n) is 8.19. The Morgan fingerprint density at radius 3 is 1.77 bits per heavy atom. The number of phenols is 1. The predicted octanol–water partition coefficient (Wildman–Crippen LogP) is -4.14. The molecule has 0 aliphatic rings. The largest absolute Gasteiger partial charge is 0.508 e. The second kappa shape index (κ2) is 23.5. The molecule has 16 N–H and O–H groups in total. The molecule has 0 spiro atoms. The molecule has 0 heterocycles. The number of nitrogens with two attached hydrogens (primary N) is 4. The van der Waals surface area contributed by atoms with Crippen molar-refractivity contribution in [3.63, 3.8) is 0 Å². The van der Waals surface area contributed by atoms with E-state index in [4.69, 9.17) is 28.0 Å². The SMILES string of the molecule is CC(C)[C@H](NC(=O)CNC(=O)[C@H](Cc1ccc(O)cc1)NC(=O)[C@H](Cc1ccccc1)NC(=O)CNC(=O)[C@@H](N)CO)C(=O)N[C@@H](CCCN=C(N)N)C(N)=O. The van der Waals surface area contributed by atoms with Gasteiger partial charge in [0.25, 0.3) is 0 Å². The topological polar surface area (TPSA) is 349 Å². The summed E-state index contributed by atoms with van der Waals surface area (Å²) in [5.74, 6) is -5.99. The lowest BCUT2D eigenvalue weighted by Crippen LogP contribution is -2.58. The molecule has 0 radical (unpaired) electrons. The van der Waals surface area contributed by atoms with Crippen molar-refractivity contribution in [3.8, 4) is 5.75 Å². The first-order valence-electron chi connectivity index (χ1n) is 17.8. The van der Waals surface area contributed by atoms with E-state index < -0.39 is 97.2 Å². The van der Waals surface area contributed by atoms with Crippen LogP contribution in [0, 0.1) is 5.92 Å². The molecule has 2 aromatic carbocycles. The van der Waals surface area contributed by atoms with E-state index in [1.807, 2.05) is 0 Å². The van der Waals surface area contributed by atoms with Crippen LogP contribution in [0.4, 0.5) is 0 Å². The molecule has 0 aliphatic heterocycles. The fraction of sp³-hybridized carbons (Fsp3) is 0.444. The molecule has 20 nitrogen and oxygen atoms in total. The van der Waals surface area contributed by atoms with E-state index in [0.717, 1.165) is 0 Å². The number of primary amides is 1. The van der Waals surface area contributed by atoms with Crippen molar-refractivity contribution in [1.29, 1.82) is 0 Å². The van der Waals surface area contributed by atoms with Crippen LogP contribution in [0.3, 0.4) is 0 Å². The number of aromatic hydroxyl groups is 1. The van der Waals surface area contributed by atoms with Crippen LogP contribution in [0.2, 0.25) is 0 Å². The fourth-order valence-electron chi connectivity index (χ4n) is 5.14. The zero-order valence-electron chi connectivity index (χ0n) is 31.3. The number of hydrogen-bond acceptors (Lipinski definition) is 11. The van der Waals surface area contributed by atoms with Gasteiger partial charge >= 0.3 is 0 Å². The van der Waals surface area contributed by atoms with Gasteiger partial charge in [0.1, 0.15) is 36.0 Å². The zero-order valence-corrected chi connectivity index (χ0v) is 31.3. The summed E-state index contributed by atoms with van der Waals surface area (Å²) >= 11 is 0. The third-order valence-corrected chi connectivity index (χ3v) is 8.19. The van der Waals surface area contributed by atoms with Crippen LogP contribution in [0.1, 0.15) is 37.8 Å². The molecule has 306 valence electrons. The zero-order chi connectivity index (χ0) is 41.8. The summed E-state index contributed by atoms with van der Waals surface area (Å²) in [6, 6.07) is 8.51. The highest BCUT2D eigenvalue weighted by molar-refractivity contribution is 5.96. The smallest absolute Gasteiger partial charge is 0.243 e. The standard InChI is InChI=1S/C36H53N11O9/c1-20(2)30(35(56)45-25(31(38)52)9-6-14-41-36(39)40)47-29(51)18-43-33(54)26(16-22-10-12-23(49)13-11-22)46-34(55)27(15-21-7-4-3-5-8-21)44-28(50)17-42-32(53)24(37)19-48/h3-5,7-8,10-13,20,24-27,30,48-49H,6,9,14-19,37H2,1-2H3,(H2,38,52)(H,42,53)(H,43,54)(H,44,50)(H,45,56)(H,46,55)(H,47,51)(H4,39,40,41)/t24-,25-,26-,27-,30-/m0/s1. The maximum atomic E-state index is 13.8. The minimum atomic E-state index is -1.31. The number of hydrogen-bond donors (Lipinski definition) is 12. The van der Waals surface area contributed by atoms with Crippen molar-refractivity contribution in [2.75, 3.05) is 26.2 Å². The first-order valence-corrected chi connectivity index (χ1v) is 17.8. The molecule has 5 atom stereocenters. The lowest BCUT2D eigenvalue weighted by atomic mass is 10.0. The summed E-state index contributed by atoms with van der Waals surface area (Å²) in [6.45, 7) is 1.70. The van der Waals surface area contributed by atoms with Gasteiger partial charge < -0.3 is 65.0 Å². The number of guanidine groups is 1. The number of nitrogens with one attached hydrogen (secondary N) is 6. The van der Waals surface area contributed by atoms with Crippen molar-refractivity contribution < 1.29 is 43.8 Å². The first kappa shape index (κ1) is 45.9. The van der Waals surface area contributed by atoms with Gasteiger partial charge in [0.2, 0.25) is 41.4 Å². The molecule has 0 fully saturated rings. The van der Waals surface area contributed by atoms with E-state index in [0.29, 0.717) is 17.5 Å². The van der Waals surface area contributed by atoms with Crippen molar-refractivity contribution in [2.45, 2.75) is 69.7 Å². The monoisotopic (exact) mass is 783 g/mol. The maximum absolute atomic E-state index is 13.8. The molecule has 20 heteroatoms. The highest BCUT2D eigenvalue weighted by atomic mass is 16.3. The van der Waals surface area contributed by atoms with Gasteiger partial charge in [-0.2, -0.15) is 0 Å². The number of rotatable bonds is 23. The van der Waals surface area contributed by atoms with E-state index >= 15 is 0 Å². The molecule has 7 amide bonds. The number of carbonyl (C=O) groups excluding carboxylic acids is 7. The van der Waals surface area contributed by atoms with Crippen LogP contribution in [-0.4, -0.2) is 114 Å². The Morgan fingerprint density at radius 2 is 1.21 bits per heavy atom. The molecular weight excluding hydrogens is 730 g/mol. The van der Waals surface area contributed by atoms with Gasteiger partial charge in [-0.25, -0.2) is 0 Å². The summed E-state index contributed by atoms with van der Waals surface area (Å²) in [4.78, 5) is 94.2. The number of aliphatic imine (C=N–C) groups is 1. The third kappa shape index (κ3) is 16.8. The minimum absolute atomic E-state index is 0.00992. The minimum Gasteiger partial charge on any atom is -0.508 e. The van der Waals surface area contributed by atoms with Crippen molar-refractivity contribution in [3.05, 3.63) is 65.7 Å². The molecule has 2 aromatic rings. The molecule has 2 rings (SSSR count). The Labute approximate surface area is 324 Å². The van der Waals surface area contributed by atoms with E-state index in [2.05, 4.69) is 36.9 Å². The maximum Gasteiger partial charge on any atom is 0.243 e. The normalized spacial score (nSPS) is 13.4. The van der Waals surface area contributed by atoms with Gasteiger partial charge in [-0.05, 0) is 42.0 Å². The molecule has 0 aromatic heterocycles. The summed E-state index contributed by atoms with van der Waals surface area (Å²) in [5, 5.41) is 33.8. The van der Waals surface area contributed by atoms with Crippen LogP contribution < -0.4 is 54.8 Å². The van der Waals surface area contributed by atoms with Crippen molar-refractivity contribution >= 4 is 47.3 Å². The number of benzene rings is 2. The Bertz CT molecular complexity index is 1670. The van der Waals surface area contributed by atoms with Crippen LogP contribution in [0.5, 0.6) is 5.75 Å². The lowest BCUT2D eigenvalue weighted by molar-refractivity contribution is -0.134. The van der Waals surface area contributed by atoms with Gasteiger partial charge in [0, 0.05) is 19.4 Å². The van der Waals surface area contributed by atoms with Gasteiger partial charge in [-0.15, -0.1) is 0 Å². The Morgan fingerprint density at radius 1 is 0.679 bits per heavy atom. The Kier molecular flexibility index (Phi) is 19.2. The fourth-order valence-corrected chi connectivity index (χ4v) is 5.14. The second-order valence-electron chi connectivity index (χ2n) is 13.2. The highest BCUT2D eigenvalue weighted by Gasteiger charge is 2.30. The Balaban J connectivity index is 2.20. The molecule has 0 aliphatic carbocycles. The van der Waals surface area contributed by atoms with E-state index in [9.17, 15) is 38.7 Å². The van der Waals surface area contributed by atoms with Crippen LogP contribution in [-0.2, 0) is 46.4 Å². The van der Waals surface area contributed by atoms with Crippen molar-refractivity contribution in [1.82, 2.24) is 31.9 Å². The molecule has 0 unspecified atom stereocenters. The van der Waals surface area contributed by atoms with E-state index in [-0.39, 0.29) is 37.5 Å². The van der Waals surface area contributed by atoms with Crippen LogP contribution in [0.15, 0.2) is 59.6 Å². The number of phenolic OH excluding ortho intramolecular Hbond substituents is 1. The average Bonchev–Trinajstić information content (AvgIpc) is 3.16. The molecule has 56 heavy (non-hydrogen) atoms. The number of aliphatic hydroxyl groups is 1. The average molecular weight is 784 g/mol. The number of amides is 7. The summed E-state index contributed by atoms with van der Waals surface area (Å²) < 4.78 is 0. The van der Waals surface area contributed by atoms with Gasteiger partial charge in [0.15, 0.2) is 5.96 Å². The predicted molar refractivity (Wildman–Crippen MR) is 205 cm³/mol. The second-order valence-corrected chi connectivity index (χ2v) is 13.2. The quantitative estimate of drug-likeness (QED) is 0.0291. The first-order chi connectivity index (χ1) is 26.5. The Hall–Kier alpha value is -6.28. The van der Waals surface area contributed by atoms with Gasteiger partial charge in [-0.3, -0.25) is 38.6 Å². The van der Waals surface area contributed by atoms with Crippen LogP contribution >= 0.6 is 0 Å². The van der Waals surface area contributed by atoms with E-state index in [1.165, 1.54) is 24.3 Å².